The number of carbonyl (C=O) groups excluding carboxylic acids is 2. The fourth-order valence-electron chi connectivity index (χ4n) is 5.13. The van der Waals surface area contributed by atoms with Crippen LogP contribution in [-0.4, -0.2) is 27.5 Å². The van der Waals surface area contributed by atoms with Crippen LogP contribution in [0, 0.1) is 5.92 Å². The second-order valence-electron chi connectivity index (χ2n) is 9.92. The first-order valence-electron chi connectivity index (χ1n) is 13.5. The van der Waals surface area contributed by atoms with Gasteiger partial charge < -0.3 is 20.8 Å². The Bertz CT molecular complexity index is 1480. The number of amides is 1. The summed E-state index contributed by atoms with van der Waals surface area (Å²) in [7, 11) is 0. The first-order valence-corrected chi connectivity index (χ1v) is 13.5. The molecule has 5 aromatic rings. The van der Waals surface area contributed by atoms with Gasteiger partial charge in [-0.3, -0.25) is 4.79 Å². The second-order valence-corrected chi connectivity index (χ2v) is 9.92. The minimum absolute atomic E-state index is 0.0552. The van der Waals surface area contributed by atoms with E-state index in [-0.39, 0.29) is 24.3 Å². The maximum Gasteiger partial charge on any atom is 0.404 e. The van der Waals surface area contributed by atoms with E-state index in [0.717, 1.165) is 28.7 Å². The van der Waals surface area contributed by atoms with Crippen molar-refractivity contribution in [1.29, 1.82) is 0 Å². The van der Waals surface area contributed by atoms with Crippen molar-refractivity contribution in [2.24, 2.45) is 17.4 Å². The van der Waals surface area contributed by atoms with Gasteiger partial charge in [0.25, 0.3) is 0 Å². The van der Waals surface area contributed by atoms with Crippen LogP contribution in [-0.2, 0) is 16.9 Å². The molecule has 0 spiro atoms. The number of imidazole rings is 1. The van der Waals surface area contributed by atoms with Crippen LogP contribution in [0.15, 0.2) is 134 Å². The molecule has 1 saturated carbocycles. The zero-order valence-electron chi connectivity index (χ0n) is 22.5. The molecule has 1 heterocycles. The molecule has 0 radical (unpaired) electrons. The lowest BCUT2D eigenvalue weighted by molar-refractivity contribution is 0.0953. The molecule has 0 unspecified atom stereocenters. The first-order chi connectivity index (χ1) is 20.0. The monoisotopic (exact) mass is 544 g/mol. The van der Waals surface area contributed by atoms with Gasteiger partial charge in [-0.2, -0.15) is 0 Å². The molecule has 7 nitrogen and oxygen atoms in total. The van der Waals surface area contributed by atoms with Gasteiger partial charge >= 0.3 is 6.09 Å². The molecule has 4 N–H and O–H groups in total. The van der Waals surface area contributed by atoms with E-state index in [1.54, 1.807) is 12.5 Å². The Labute approximate surface area is 239 Å². The lowest BCUT2D eigenvalue weighted by atomic mass is 9.76. The van der Waals surface area contributed by atoms with Crippen molar-refractivity contribution in [3.8, 4) is 0 Å². The van der Waals surface area contributed by atoms with E-state index in [0.29, 0.717) is 5.69 Å². The van der Waals surface area contributed by atoms with Crippen LogP contribution >= 0.6 is 0 Å². The highest BCUT2D eigenvalue weighted by molar-refractivity contribution is 5.99. The van der Waals surface area contributed by atoms with Crippen molar-refractivity contribution < 1.29 is 14.3 Å². The number of hydrogen-bond donors (Lipinski definition) is 2. The summed E-state index contributed by atoms with van der Waals surface area (Å²) in [5.74, 6) is -0.0624. The summed E-state index contributed by atoms with van der Waals surface area (Å²) in [6.07, 6.45) is 3.44. The molecular formula is C34H32N4O3. The second kappa shape index (κ2) is 12.4. The zero-order chi connectivity index (χ0) is 28.7. The summed E-state index contributed by atoms with van der Waals surface area (Å²) in [6, 6.07) is 40.2. The smallest absolute Gasteiger partial charge is 0.404 e. The van der Waals surface area contributed by atoms with E-state index >= 15 is 0 Å². The van der Waals surface area contributed by atoms with Crippen molar-refractivity contribution in [2.75, 3.05) is 0 Å². The van der Waals surface area contributed by atoms with E-state index < -0.39 is 11.6 Å². The molecule has 1 fully saturated rings. The summed E-state index contributed by atoms with van der Waals surface area (Å²) in [5.41, 5.74) is 14.8. The molecule has 2 atom stereocenters. The van der Waals surface area contributed by atoms with Crippen LogP contribution in [0.3, 0.4) is 0 Å². The van der Waals surface area contributed by atoms with E-state index in [9.17, 15) is 9.59 Å². The fourth-order valence-corrected chi connectivity index (χ4v) is 5.13. The first kappa shape index (κ1) is 27.6. The number of aromatic nitrogens is 2. The number of ketones is 1. The maximum absolute atomic E-state index is 13.3. The Kier molecular flexibility index (Phi) is 8.36. The Morgan fingerprint density at radius 2 is 1.22 bits per heavy atom. The number of benzene rings is 4. The molecule has 0 aliphatic heterocycles. The average Bonchev–Trinajstić information content (AvgIpc) is 3.56. The summed E-state index contributed by atoms with van der Waals surface area (Å²) in [4.78, 5) is 27.9. The molecule has 1 aliphatic rings. The number of Topliss-reactive ketones (excluding diaryl/α,β-unsaturated/α-hetero) is 1. The number of primary amides is 1. The highest BCUT2D eigenvalue weighted by Gasteiger charge is 2.45. The lowest BCUT2D eigenvalue weighted by Gasteiger charge is -2.38. The van der Waals surface area contributed by atoms with Crippen molar-refractivity contribution >= 4 is 11.9 Å². The molecule has 0 bridgehead atoms. The Balaban J connectivity index is 0.000000259. The van der Waals surface area contributed by atoms with E-state index in [4.69, 9.17) is 11.5 Å². The van der Waals surface area contributed by atoms with E-state index in [1.807, 2.05) is 89.5 Å². The van der Waals surface area contributed by atoms with Crippen LogP contribution in [0.25, 0.3) is 0 Å². The predicted octanol–water partition coefficient (Wildman–Crippen LogP) is 5.54. The number of nitrogens with zero attached hydrogens (tertiary/aromatic N) is 2. The normalized spacial score (nSPS) is 15.7. The fraction of sp³-hybridized carbons (Fsp3) is 0.147. The molecular weight excluding hydrogens is 512 g/mol. The van der Waals surface area contributed by atoms with Crippen molar-refractivity contribution in [2.45, 2.75) is 24.6 Å². The zero-order valence-corrected chi connectivity index (χ0v) is 22.5. The molecule has 0 saturated heterocycles. The van der Waals surface area contributed by atoms with Crippen molar-refractivity contribution in [3.05, 3.63) is 162 Å². The number of nitrogens with two attached hydrogens (primary N) is 2. The lowest BCUT2D eigenvalue weighted by Crippen LogP contribution is -2.39. The third-order valence-electron chi connectivity index (χ3n) is 7.23. The number of hydrogen-bond acceptors (Lipinski definition) is 5. The molecule has 7 heteroatoms. The van der Waals surface area contributed by atoms with Crippen LogP contribution in [0.1, 0.15) is 39.2 Å². The van der Waals surface area contributed by atoms with Gasteiger partial charge in [0.2, 0.25) is 0 Å². The van der Waals surface area contributed by atoms with Gasteiger partial charge in [-0.05, 0) is 28.7 Å². The van der Waals surface area contributed by atoms with Gasteiger partial charge in [0.15, 0.2) is 5.78 Å². The van der Waals surface area contributed by atoms with Crippen molar-refractivity contribution in [1.82, 2.24) is 9.55 Å². The Morgan fingerprint density at radius 1 is 0.780 bits per heavy atom. The highest BCUT2D eigenvalue weighted by Crippen LogP contribution is 2.42. The highest BCUT2D eigenvalue weighted by atomic mass is 16.5. The summed E-state index contributed by atoms with van der Waals surface area (Å²) >= 11 is 0. The largest absolute Gasteiger partial charge is 0.445 e. The van der Waals surface area contributed by atoms with Crippen LogP contribution in [0.2, 0.25) is 0 Å². The molecule has 1 amide bonds. The molecule has 41 heavy (non-hydrogen) atoms. The van der Waals surface area contributed by atoms with Gasteiger partial charge in [0, 0.05) is 12.0 Å². The third-order valence-corrected chi connectivity index (χ3v) is 7.23. The number of rotatable bonds is 8. The summed E-state index contributed by atoms with van der Waals surface area (Å²) < 4.78 is 6.59. The van der Waals surface area contributed by atoms with Gasteiger partial charge in [-0.1, -0.05) is 121 Å². The summed E-state index contributed by atoms with van der Waals surface area (Å²) in [6.45, 7) is 0.246. The topological polar surface area (TPSA) is 113 Å². The minimum atomic E-state index is -0.742. The van der Waals surface area contributed by atoms with Gasteiger partial charge in [-0.25, -0.2) is 9.78 Å². The van der Waals surface area contributed by atoms with Crippen LogP contribution < -0.4 is 11.5 Å². The van der Waals surface area contributed by atoms with Gasteiger partial charge in [0.1, 0.15) is 17.8 Å². The standard InChI is InChI=1S/C26H23N3O.C8H9NO2/c27-23-16-22(23)25(30)24-17-28-18-29(24)26(19-10-4-1-5-11-19,20-12-6-2-7-13-20)21-14-8-3-9-15-21;9-8(10)11-6-7-4-2-1-3-5-7/h1-15,17-18,22-23H,16,27H2;1-5H,6H2,(H2,9,10)/t22-,23+;/m1./s1. The number of ether oxygens (including phenoxy) is 1. The van der Waals surface area contributed by atoms with Crippen LogP contribution in [0.4, 0.5) is 4.79 Å². The predicted molar refractivity (Wildman–Crippen MR) is 158 cm³/mol. The van der Waals surface area contributed by atoms with E-state index in [2.05, 4.69) is 46.1 Å². The molecule has 206 valence electrons. The van der Waals surface area contributed by atoms with E-state index in [1.165, 1.54) is 0 Å². The SMILES string of the molecule is NC(=O)OCc1ccccc1.N[C@H]1C[C@H]1C(=O)c1cncn1C(c1ccccc1)(c1ccccc1)c1ccccc1. The molecule has 6 rings (SSSR count). The average molecular weight is 545 g/mol. The quantitative estimate of drug-likeness (QED) is 0.197. The van der Waals surface area contributed by atoms with Crippen molar-refractivity contribution in [3.63, 3.8) is 0 Å². The Hall–Kier alpha value is -5.01. The third kappa shape index (κ3) is 5.95. The number of carbonyl (C=O) groups is 2. The molecule has 4 aromatic carbocycles. The van der Waals surface area contributed by atoms with Gasteiger partial charge in [0.05, 0.1) is 12.5 Å². The molecule has 1 aliphatic carbocycles. The van der Waals surface area contributed by atoms with Crippen LogP contribution in [0.5, 0.6) is 0 Å². The van der Waals surface area contributed by atoms with Gasteiger partial charge in [-0.15, -0.1) is 0 Å². The molecule has 1 aromatic heterocycles. The summed E-state index contributed by atoms with van der Waals surface area (Å²) in [5, 5.41) is 0. The maximum atomic E-state index is 13.3. The minimum Gasteiger partial charge on any atom is -0.445 e. The Morgan fingerprint density at radius 3 is 1.63 bits per heavy atom.